The molecule has 1 aromatic heterocycles. The van der Waals surface area contributed by atoms with Crippen molar-refractivity contribution in [2.45, 2.75) is 25.5 Å². The summed E-state index contributed by atoms with van der Waals surface area (Å²) in [5, 5.41) is 14.1. The van der Waals surface area contributed by atoms with Gasteiger partial charge in [-0.15, -0.1) is 0 Å². The van der Waals surface area contributed by atoms with E-state index in [2.05, 4.69) is 10.3 Å². The van der Waals surface area contributed by atoms with Crippen LogP contribution in [0, 0.1) is 10.1 Å². The van der Waals surface area contributed by atoms with Crippen LogP contribution in [0.5, 0.6) is 0 Å². The van der Waals surface area contributed by atoms with E-state index in [9.17, 15) is 10.1 Å². The Morgan fingerprint density at radius 2 is 2.55 bits per heavy atom. The van der Waals surface area contributed by atoms with Crippen molar-refractivity contribution in [2.75, 3.05) is 25.1 Å². The molecule has 2 heterocycles. The second-order valence-corrected chi connectivity index (χ2v) is 5.08. The normalized spacial score (nSPS) is 19.8. The number of nitrogens with zero attached hydrogens (tertiary/aromatic N) is 2. The van der Waals surface area contributed by atoms with Crippen molar-refractivity contribution in [2.24, 2.45) is 0 Å². The van der Waals surface area contributed by atoms with Gasteiger partial charge in [-0.05, 0) is 13.3 Å². The molecule has 0 bridgehead atoms. The van der Waals surface area contributed by atoms with E-state index < -0.39 is 4.92 Å². The number of hydrogen-bond acceptors (Lipinski definition) is 6. The van der Waals surface area contributed by atoms with E-state index in [1.165, 1.54) is 12.3 Å². The van der Waals surface area contributed by atoms with Gasteiger partial charge >= 0.3 is 5.69 Å². The maximum Gasteiger partial charge on any atom is 0.312 e. The molecule has 8 heteroatoms. The van der Waals surface area contributed by atoms with Gasteiger partial charge in [0.25, 0.3) is 0 Å². The van der Waals surface area contributed by atoms with E-state index in [1.54, 1.807) is 0 Å². The Labute approximate surface area is 121 Å². The van der Waals surface area contributed by atoms with Crippen molar-refractivity contribution < 1.29 is 14.4 Å². The van der Waals surface area contributed by atoms with Crippen molar-refractivity contribution in [1.82, 2.24) is 4.98 Å². The maximum atomic E-state index is 10.9. The molecule has 0 aromatic carbocycles. The largest absolute Gasteiger partial charge is 0.379 e. The van der Waals surface area contributed by atoms with Gasteiger partial charge in [0.15, 0.2) is 0 Å². The van der Waals surface area contributed by atoms with E-state index in [-0.39, 0.29) is 28.7 Å². The van der Waals surface area contributed by atoms with Gasteiger partial charge in [-0.25, -0.2) is 4.98 Å². The summed E-state index contributed by atoms with van der Waals surface area (Å²) in [6.45, 7) is 3.62. The number of nitro groups is 1. The smallest absolute Gasteiger partial charge is 0.312 e. The molecular formula is C12H16ClN3O4. The highest BCUT2D eigenvalue weighted by molar-refractivity contribution is 6.30. The van der Waals surface area contributed by atoms with Gasteiger partial charge in [0, 0.05) is 24.9 Å². The minimum atomic E-state index is -0.514. The van der Waals surface area contributed by atoms with Crippen LogP contribution in [0.2, 0.25) is 5.02 Å². The van der Waals surface area contributed by atoms with Gasteiger partial charge < -0.3 is 14.8 Å². The molecule has 0 amide bonds. The third-order valence-corrected chi connectivity index (χ3v) is 3.09. The summed E-state index contributed by atoms with van der Waals surface area (Å²) in [7, 11) is 0. The van der Waals surface area contributed by atoms with Gasteiger partial charge in [-0.1, -0.05) is 11.6 Å². The van der Waals surface area contributed by atoms with Crippen LogP contribution in [0.4, 0.5) is 11.5 Å². The molecule has 2 rings (SSSR count). The fourth-order valence-electron chi connectivity index (χ4n) is 1.88. The summed E-state index contributed by atoms with van der Waals surface area (Å²) < 4.78 is 10.9. The van der Waals surface area contributed by atoms with Gasteiger partial charge in [-0.3, -0.25) is 10.1 Å². The lowest BCUT2D eigenvalue weighted by Gasteiger charge is -2.17. The van der Waals surface area contributed by atoms with Gasteiger partial charge in [0.2, 0.25) is 5.82 Å². The molecule has 20 heavy (non-hydrogen) atoms. The maximum absolute atomic E-state index is 10.9. The first-order chi connectivity index (χ1) is 9.56. The molecule has 110 valence electrons. The van der Waals surface area contributed by atoms with Crippen LogP contribution in [-0.4, -0.2) is 41.9 Å². The molecule has 0 spiro atoms. The summed E-state index contributed by atoms with van der Waals surface area (Å²) in [5.41, 5.74) is -0.145. The van der Waals surface area contributed by atoms with Crippen LogP contribution in [0.25, 0.3) is 0 Å². The van der Waals surface area contributed by atoms with Gasteiger partial charge in [0.1, 0.15) is 0 Å². The third-order valence-electron chi connectivity index (χ3n) is 2.88. The number of rotatable bonds is 6. The second kappa shape index (κ2) is 6.83. The summed E-state index contributed by atoms with van der Waals surface area (Å²) >= 11 is 5.71. The zero-order valence-corrected chi connectivity index (χ0v) is 11.8. The first-order valence-electron chi connectivity index (χ1n) is 6.32. The van der Waals surface area contributed by atoms with Crippen LogP contribution in [-0.2, 0) is 9.47 Å². The first kappa shape index (κ1) is 15.0. The summed E-state index contributed by atoms with van der Waals surface area (Å²) in [4.78, 5) is 14.4. The Hall–Kier alpha value is -1.44. The molecule has 7 nitrogen and oxygen atoms in total. The number of aromatic nitrogens is 1. The van der Waals surface area contributed by atoms with Crippen molar-refractivity contribution in [3.63, 3.8) is 0 Å². The highest BCUT2D eigenvalue weighted by Crippen LogP contribution is 2.25. The predicted molar refractivity (Wildman–Crippen MR) is 74.2 cm³/mol. The van der Waals surface area contributed by atoms with Crippen LogP contribution >= 0.6 is 11.6 Å². The fourth-order valence-corrected chi connectivity index (χ4v) is 2.03. The summed E-state index contributed by atoms with van der Waals surface area (Å²) in [6.07, 6.45) is 2.36. The van der Waals surface area contributed by atoms with E-state index in [0.717, 1.165) is 13.0 Å². The van der Waals surface area contributed by atoms with Crippen molar-refractivity contribution in [3.05, 3.63) is 27.4 Å². The number of hydrogen-bond donors (Lipinski definition) is 1. The third kappa shape index (κ3) is 4.03. The first-order valence-corrected chi connectivity index (χ1v) is 6.70. The number of nitrogens with one attached hydrogen (secondary N) is 1. The van der Waals surface area contributed by atoms with E-state index in [0.29, 0.717) is 13.2 Å². The average Bonchev–Trinajstić information content (AvgIpc) is 2.91. The molecule has 1 fully saturated rings. The Balaban J connectivity index is 1.92. The Bertz CT molecular complexity index is 480. The minimum Gasteiger partial charge on any atom is -0.379 e. The lowest BCUT2D eigenvalue weighted by atomic mass is 10.3. The highest BCUT2D eigenvalue weighted by Gasteiger charge is 2.20. The summed E-state index contributed by atoms with van der Waals surface area (Å²) in [5.74, 6) is 0.193. The van der Waals surface area contributed by atoms with Crippen molar-refractivity contribution in [1.29, 1.82) is 0 Å². The number of pyridine rings is 1. The fraction of sp³-hybridized carbons (Fsp3) is 0.583. The molecule has 0 unspecified atom stereocenters. The highest BCUT2D eigenvalue weighted by atomic mass is 35.5. The van der Waals surface area contributed by atoms with Crippen molar-refractivity contribution in [3.8, 4) is 0 Å². The predicted octanol–water partition coefficient (Wildman–Crippen LogP) is 2.25. The lowest BCUT2D eigenvalue weighted by Crippen LogP contribution is -2.26. The quantitative estimate of drug-likeness (QED) is 0.640. The average molecular weight is 302 g/mol. The Morgan fingerprint density at radius 1 is 1.75 bits per heavy atom. The molecule has 1 saturated heterocycles. The van der Waals surface area contributed by atoms with Gasteiger partial charge in [0.05, 0.1) is 29.3 Å². The lowest BCUT2D eigenvalue weighted by molar-refractivity contribution is -0.384. The molecule has 2 atom stereocenters. The molecule has 0 aliphatic carbocycles. The summed E-state index contributed by atoms with van der Waals surface area (Å²) in [6, 6.07) is 1.16. The van der Waals surface area contributed by atoms with E-state index in [1.807, 2.05) is 6.92 Å². The van der Waals surface area contributed by atoms with Crippen LogP contribution in [0.3, 0.4) is 0 Å². The number of ether oxygens (including phenoxy) is 2. The van der Waals surface area contributed by atoms with Crippen molar-refractivity contribution >= 4 is 23.1 Å². The molecular weight excluding hydrogens is 286 g/mol. The molecule has 1 N–H and O–H groups in total. The molecule has 0 saturated carbocycles. The number of anilines is 1. The second-order valence-electron chi connectivity index (χ2n) is 4.64. The van der Waals surface area contributed by atoms with Crippen LogP contribution in [0.1, 0.15) is 13.3 Å². The SMILES string of the molecule is C[C@@H](CO[C@H]1CCOC1)Nc1ncc(Cl)cc1[N+](=O)[O-]. The molecule has 1 aliphatic heterocycles. The zero-order valence-electron chi connectivity index (χ0n) is 11.0. The van der Waals surface area contributed by atoms with Crippen LogP contribution < -0.4 is 5.32 Å². The topological polar surface area (TPSA) is 86.5 Å². The van der Waals surface area contributed by atoms with Gasteiger partial charge in [-0.2, -0.15) is 0 Å². The van der Waals surface area contributed by atoms with Crippen LogP contribution in [0.15, 0.2) is 12.3 Å². The Kier molecular flexibility index (Phi) is 5.11. The monoisotopic (exact) mass is 301 g/mol. The standard InChI is InChI=1S/C12H16ClN3O4/c1-8(6-20-10-2-3-19-7-10)15-12-11(16(17)18)4-9(13)5-14-12/h4-5,8,10H,2-3,6-7H2,1H3,(H,14,15)/t8-,10-/m0/s1. The Morgan fingerprint density at radius 3 is 3.20 bits per heavy atom. The zero-order chi connectivity index (χ0) is 14.5. The minimum absolute atomic E-state index is 0.104. The molecule has 0 radical (unpaired) electrons. The number of halogens is 1. The molecule has 1 aromatic rings. The van der Waals surface area contributed by atoms with E-state index in [4.69, 9.17) is 21.1 Å². The van der Waals surface area contributed by atoms with E-state index >= 15 is 0 Å². The molecule has 1 aliphatic rings.